The maximum absolute atomic E-state index is 12.5. The van der Waals surface area contributed by atoms with Gasteiger partial charge in [-0.2, -0.15) is 0 Å². The summed E-state index contributed by atoms with van der Waals surface area (Å²) in [5.41, 5.74) is 2.23. The minimum absolute atomic E-state index is 0.0667. The van der Waals surface area contributed by atoms with E-state index in [0.717, 1.165) is 22.9 Å². The lowest BCUT2D eigenvalue weighted by Gasteiger charge is -2.18. The number of amides is 1. The van der Waals surface area contributed by atoms with Crippen LogP contribution in [-0.2, 0) is 11.2 Å². The van der Waals surface area contributed by atoms with Crippen LogP contribution in [0.25, 0.3) is 10.8 Å². The van der Waals surface area contributed by atoms with Gasteiger partial charge in [-0.05, 0) is 28.3 Å². The number of carbonyl (C=O) groups excluding carboxylic acids is 1. The number of hydrogen-bond donors (Lipinski definition) is 1. The Kier molecular flexibility index (Phi) is 4.72. The molecule has 0 unspecified atom stereocenters. The van der Waals surface area contributed by atoms with Gasteiger partial charge < -0.3 is 5.32 Å². The normalized spacial score (nSPS) is 12.0. The molecule has 1 N–H and O–H groups in total. The lowest BCUT2D eigenvalue weighted by molar-refractivity contribution is -0.121. The van der Waals surface area contributed by atoms with Gasteiger partial charge in [0.15, 0.2) is 0 Å². The molecule has 0 saturated carbocycles. The standard InChI is InChI=1S/C21H21NO/c1-2-20(17-10-4-3-5-11-17)22-21(23)15-18-13-8-12-16-9-6-7-14-19(16)18/h3-14,20H,2,15H2,1H3,(H,22,23)/t20-/m0/s1. The van der Waals surface area contributed by atoms with Crippen LogP contribution in [0.4, 0.5) is 0 Å². The fourth-order valence-electron chi connectivity index (χ4n) is 2.97. The van der Waals surface area contributed by atoms with Gasteiger partial charge >= 0.3 is 0 Å². The van der Waals surface area contributed by atoms with Crippen LogP contribution in [0.15, 0.2) is 72.8 Å². The molecule has 3 aromatic rings. The van der Waals surface area contributed by atoms with Crippen molar-refractivity contribution in [3.05, 3.63) is 83.9 Å². The molecule has 0 radical (unpaired) electrons. The summed E-state index contributed by atoms with van der Waals surface area (Å²) < 4.78 is 0. The Hall–Kier alpha value is -2.61. The minimum atomic E-state index is 0.0667. The maximum atomic E-state index is 12.5. The zero-order valence-corrected chi connectivity index (χ0v) is 13.3. The molecule has 3 rings (SSSR count). The topological polar surface area (TPSA) is 29.1 Å². The molecular formula is C21H21NO. The molecule has 0 fully saturated rings. The van der Waals surface area contributed by atoms with E-state index >= 15 is 0 Å². The second kappa shape index (κ2) is 7.10. The van der Waals surface area contributed by atoms with Gasteiger partial charge in [-0.1, -0.05) is 79.7 Å². The lowest BCUT2D eigenvalue weighted by atomic mass is 10.0. The van der Waals surface area contributed by atoms with E-state index in [2.05, 4.69) is 42.6 Å². The first-order chi connectivity index (χ1) is 11.3. The highest BCUT2D eigenvalue weighted by Gasteiger charge is 2.13. The zero-order chi connectivity index (χ0) is 16.1. The number of hydrogen-bond acceptors (Lipinski definition) is 1. The molecule has 1 atom stereocenters. The van der Waals surface area contributed by atoms with Gasteiger partial charge in [-0.15, -0.1) is 0 Å². The molecule has 0 bridgehead atoms. The van der Waals surface area contributed by atoms with E-state index in [1.807, 2.05) is 42.5 Å². The summed E-state index contributed by atoms with van der Waals surface area (Å²) in [5, 5.41) is 5.48. The molecule has 2 heteroatoms. The van der Waals surface area contributed by atoms with Crippen molar-refractivity contribution in [1.29, 1.82) is 0 Å². The Morgan fingerprint density at radius 3 is 2.39 bits per heavy atom. The van der Waals surface area contributed by atoms with Crippen LogP contribution < -0.4 is 5.32 Å². The fourth-order valence-corrected chi connectivity index (χ4v) is 2.97. The number of rotatable bonds is 5. The third-order valence-corrected chi connectivity index (χ3v) is 4.18. The number of nitrogens with one attached hydrogen (secondary N) is 1. The van der Waals surface area contributed by atoms with E-state index in [9.17, 15) is 4.79 Å². The largest absolute Gasteiger partial charge is 0.349 e. The number of benzene rings is 3. The predicted molar refractivity (Wildman–Crippen MR) is 95.3 cm³/mol. The van der Waals surface area contributed by atoms with Crippen LogP contribution in [0, 0.1) is 0 Å². The van der Waals surface area contributed by atoms with Crippen molar-refractivity contribution >= 4 is 16.7 Å². The van der Waals surface area contributed by atoms with Crippen molar-refractivity contribution < 1.29 is 4.79 Å². The first-order valence-electron chi connectivity index (χ1n) is 8.09. The minimum Gasteiger partial charge on any atom is -0.349 e. The van der Waals surface area contributed by atoms with Gasteiger partial charge in [-0.25, -0.2) is 0 Å². The third-order valence-electron chi connectivity index (χ3n) is 4.18. The molecule has 0 aromatic heterocycles. The lowest BCUT2D eigenvalue weighted by Crippen LogP contribution is -2.29. The summed E-state index contributed by atoms with van der Waals surface area (Å²) in [7, 11) is 0. The van der Waals surface area contributed by atoms with Crippen LogP contribution in [0.3, 0.4) is 0 Å². The molecule has 0 aliphatic rings. The average molecular weight is 303 g/mol. The van der Waals surface area contributed by atoms with Crippen molar-refractivity contribution in [1.82, 2.24) is 5.32 Å². The van der Waals surface area contributed by atoms with Gasteiger partial charge in [0.25, 0.3) is 0 Å². The second-order valence-electron chi connectivity index (χ2n) is 5.75. The van der Waals surface area contributed by atoms with Gasteiger partial charge in [0, 0.05) is 0 Å². The highest BCUT2D eigenvalue weighted by atomic mass is 16.1. The van der Waals surface area contributed by atoms with Crippen molar-refractivity contribution in [3.8, 4) is 0 Å². The van der Waals surface area contributed by atoms with Gasteiger partial charge in [0.05, 0.1) is 12.5 Å². The Balaban J connectivity index is 1.76. The summed E-state index contributed by atoms with van der Waals surface area (Å²) in [6.07, 6.45) is 1.29. The second-order valence-corrected chi connectivity index (χ2v) is 5.75. The monoisotopic (exact) mass is 303 g/mol. The zero-order valence-electron chi connectivity index (χ0n) is 13.3. The van der Waals surface area contributed by atoms with Crippen molar-refractivity contribution in [3.63, 3.8) is 0 Å². The SMILES string of the molecule is CC[C@H](NC(=O)Cc1cccc2ccccc12)c1ccccc1. The van der Waals surface area contributed by atoms with Crippen LogP contribution >= 0.6 is 0 Å². The molecule has 0 aliphatic carbocycles. The third kappa shape index (κ3) is 3.59. The summed E-state index contributed by atoms with van der Waals surface area (Å²) >= 11 is 0. The summed E-state index contributed by atoms with van der Waals surface area (Å²) in [4.78, 5) is 12.5. The fraction of sp³-hybridized carbons (Fsp3) is 0.190. The highest BCUT2D eigenvalue weighted by molar-refractivity contribution is 5.90. The summed E-state index contributed by atoms with van der Waals surface area (Å²) in [6.45, 7) is 2.09. The quantitative estimate of drug-likeness (QED) is 0.730. The molecule has 0 spiro atoms. The van der Waals surface area contributed by atoms with Crippen LogP contribution in [0.1, 0.15) is 30.5 Å². The van der Waals surface area contributed by atoms with E-state index in [0.29, 0.717) is 6.42 Å². The first kappa shape index (κ1) is 15.3. The van der Waals surface area contributed by atoms with E-state index < -0.39 is 0 Å². The Morgan fingerprint density at radius 1 is 0.913 bits per heavy atom. The number of carbonyl (C=O) groups is 1. The van der Waals surface area contributed by atoms with Crippen LogP contribution in [0.2, 0.25) is 0 Å². The van der Waals surface area contributed by atoms with Crippen molar-refractivity contribution in [2.24, 2.45) is 0 Å². The molecule has 0 saturated heterocycles. The molecule has 2 nitrogen and oxygen atoms in total. The Morgan fingerprint density at radius 2 is 1.61 bits per heavy atom. The Labute approximate surface area is 137 Å². The molecule has 0 aliphatic heterocycles. The van der Waals surface area contributed by atoms with E-state index in [1.165, 1.54) is 5.39 Å². The van der Waals surface area contributed by atoms with Gasteiger partial charge in [0.1, 0.15) is 0 Å². The number of fused-ring (bicyclic) bond motifs is 1. The molecule has 0 heterocycles. The smallest absolute Gasteiger partial charge is 0.224 e. The predicted octanol–water partition coefficient (Wildman–Crippen LogP) is 4.65. The summed E-state index contributed by atoms with van der Waals surface area (Å²) in [5.74, 6) is 0.0667. The van der Waals surface area contributed by atoms with Crippen LogP contribution in [0.5, 0.6) is 0 Å². The maximum Gasteiger partial charge on any atom is 0.224 e. The first-order valence-corrected chi connectivity index (χ1v) is 8.09. The molecular weight excluding hydrogens is 282 g/mol. The highest BCUT2D eigenvalue weighted by Crippen LogP contribution is 2.20. The molecule has 3 aromatic carbocycles. The molecule has 116 valence electrons. The van der Waals surface area contributed by atoms with Crippen molar-refractivity contribution in [2.45, 2.75) is 25.8 Å². The van der Waals surface area contributed by atoms with E-state index in [1.54, 1.807) is 0 Å². The molecule has 23 heavy (non-hydrogen) atoms. The van der Waals surface area contributed by atoms with E-state index in [-0.39, 0.29) is 11.9 Å². The molecule has 1 amide bonds. The van der Waals surface area contributed by atoms with E-state index in [4.69, 9.17) is 0 Å². The van der Waals surface area contributed by atoms with Gasteiger partial charge in [0.2, 0.25) is 5.91 Å². The van der Waals surface area contributed by atoms with Gasteiger partial charge in [-0.3, -0.25) is 4.79 Å². The van der Waals surface area contributed by atoms with Crippen molar-refractivity contribution in [2.75, 3.05) is 0 Å². The summed E-state index contributed by atoms with van der Waals surface area (Å²) in [6, 6.07) is 24.5. The van der Waals surface area contributed by atoms with Crippen LogP contribution in [-0.4, -0.2) is 5.91 Å². The Bertz CT molecular complexity index is 790. The average Bonchev–Trinajstić information content (AvgIpc) is 2.61.